The Hall–Kier alpha value is -0.850. The molecule has 2 unspecified atom stereocenters. The number of hydrogen-bond acceptors (Lipinski definition) is 0. The van der Waals surface area contributed by atoms with E-state index in [1.165, 1.54) is 44.1 Å². The highest BCUT2D eigenvalue weighted by atomic mass is 19.1. The predicted molar refractivity (Wildman–Crippen MR) is 82.0 cm³/mol. The zero-order valence-corrected chi connectivity index (χ0v) is 12.8. The van der Waals surface area contributed by atoms with Gasteiger partial charge in [0.15, 0.2) is 0 Å². The lowest BCUT2D eigenvalue weighted by atomic mass is 9.79. The van der Waals surface area contributed by atoms with Gasteiger partial charge in [-0.2, -0.15) is 0 Å². The molecular formula is C18H29F. The SMILES string of the molecule is CCCCCC(CCC)C(CC)c1ccc(F)cc1. The predicted octanol–water partition coefficient (Wildman–Crippen LogP) is 6.32. The lowest BCUT2D eigenvalue weighted by Crippen LogP contribution is -2.13. The van der Waals surface area contributed by atoms with Crippen molar-refractivity contribution in [3.63, 3.8) is 0 Å². The van der Waals surface area contributed by atoms with Crippen LogP contribution in [0.1, 0.15) is 77.2 Å². The van der Waals surface area contributed by atoms with Crippen molar-refractivity contribution in [2.45, 2.75) is 71.6 Å². The van der Waals surface area contributed by atoms with Gasteiger partial charge >= 0.3 is 0 Å². The summed E-state index contributed by atoms with van der Waals surface area (Å²) in [5.74, 6) is 1.22. The number of benzene rings is 1. The van der Waals surface area contributed by atoms with Crippen molar-refractivity contribution in [3.8, 4) is 0 Å². The maximum Gasteiger partial charge on any atom is 0.123 e. The molecule has 0 spiro atoms. The average molecular weight is 264 g/mol. The minimum absolute atomic E-state index is 0.128. The largest absolute Gasteiger partial charge is 0.207 e. The molecule has 0 amide bonds. The molecule has 1 aromatic carbocycles. The normalized spacial score (nSPS) is 14.3. The fraction of sp³-hybridized carbons (Fsp3) is 0.667. The summed E-state index contributed by atoms with van der Waals surface area (Å²) in [4.78, 5) is 0. The van der Waals surface area contributed by atoms with Crippen LogP contribution in [0, 0.1) is 11.7 Å². The van der Waals surface area contributed by atoms with Crippen molar-refractivity contribution in [3.05, 3.63) is 35.6 Å². The van der Waals surface area contributed by atoms with E-state index < -0.39 is 0 Å². The van der Waals surface area contributed by atoms with E-state index in [1.54, 1.807) is 12.1 Å². The van der Waals surface area contributed by atoms with Crippen LogP contribution in [0.2, 0.25) is 0 Å². The molecular weight excluding hydrogens is 235 g/mol. The molecule has 0 fully saturated rings. The Morgan fingerprint density at radius 3 is 2.11 bits per heavy atom. The quantitative estimate of drug-likeness (QED) is 0.458. The Morgan fingerprint density at radius 1 is 0.895 bits per heavy atom. The van der Waals surface area contributed by atoms with Gasteiger partial charge in [0.25, 0.3) is 0 Å². The summed E-state index contributed by atoms with van der Waals surface area (Å²) in [5.41, 5.74) is 1.32. The Morgan fingerprint density at radius 2 is 1.58 bits per heavy atom. The molecule has 0 nitrogen and oxygen atoms in total. The van der Waals surface area contributed by atoms with E-state index in [9.17, 15) is 4.39 Å². The van der Waals surface area contributed by atoms with E-state index in [4.69, 9.17) is 0 Å². The third kappa shape index (κ3) is 5.34. The standard InChI is InChI=1S/C18H29F/c1-4-7-8-10-15(9-5-2)18(6-3)16-11-13-17(19)14-12-16/h11-15,18H,4-10H2,1-3H3. The lowest BCUT2D eigenvalue weighted by molar-refractivity contribution is 0.345. The fourth-order valence-corrected chi connectivity index (χ4v) is 3.13. The smallest absolute Gasteiger partial charge is 0.123 e. The molecule has 0 aliphatic rings. The number of hydrogen-bond donors (Lipinski definition) is 0. The fourth-order valence-electron chi connectivity index (χ4n) is 3.13. The molecule has 0 aliphatic heterocycles. The molecule has 1 rings (SSSR count). The van der Waals surface area contributed by atoms with Gasteiger partial charge in [0, 0.05) is 0 Å². The minimum Gasteiger partial charge on any atom is -0.207 e. The Labute approximate surface area is 118 Å². The Bertz CT molecular complexity index is 328. The second-order valence-corrected chi connectivity index (χ2v) is 5.61. The first-order chi connectivity index (χ1) is 9.22. The molecule has 0 heterocycles. The van der Waals surface area contributed by atoms with E-state index in [1.807, 2.05) is 12.1 Å². The molecule has 0 radical (unpaired) electrons. The molecule has 0 saturated carbocycles. The van der Waals surface area contributed by atoms with Gasteiger partial charge in [-0.25, -0.2) is 4.39 Å². The molecule has 1 aromatic rings. The van der Waals surface area contributed by atoms with Crippen LogP contribution in [0.25, 0.3) is 0 Å². The van der Waals surface area contributed by atoms with Crippen LogP contribution in [0.5, 0.6) is 0 Å². The summed E-state index contributed by atoms with van der Waals surface area (Å²) >= 11 is 0. The van der Waals surface area contributed by atoms with Crippen molar-refractivity contribution >= 4 is 0 Å². The first-order valence-corrected chi connectivity index (χ1v) is 7.98. The van der Waals surface area contributed by atoms with E-state index in [-0.39, 0.29) is 5.82 Å². The summed E-state index contributed by atoms with van der Waals surface area (Å²) in [6.45, 7) is 6.78. The maximum absolute atomic E-state index is 13.1. The monoisotopic (exact) mass is 264 g/mol. The molecule has 19 heavy (non-hydrogen) atoms. The van der Waals surface area contributed by atoms with Gasteiger partial charge in [-0.3, -0.25) is 0 Å². The van der Waals surface area contributed by atoms with Crippen LogP contribution in [-0.4, -0.2) is 0 Å². The van der Waals surface area contributed by atoms with E-state index in [0.717, 1.165) is 12.3 Å². The van der Waals surface area contributed by atoms with E-state index >= 15 is 0 Å². The summed E-state index contributed by atoms with van der Waals surface area (Å²) in [6, 6.07) is 7.16. The number of rotatable bonds is 9. The first-order valence-electron chi connectivity index (χ1n) is 7.98. The topological polar surface area (TPSA) is 0 Å². The average Bonchev–Trinajstić information content (AvgIpc) is 2.42. The molecule has 1 heteroatoms. The number of halogens is 1. The summed E-state index contributed by atoms with van der Waals surface area (Å²) < 4.78 is 13.1. The van der Waals surface area contributed by atoms with Crippen LogP contribution >= 0.6 is 0 Å². The summed E-state index contributed by atoms with van der Waals surface area (Å²) in [6.07, 6.45) is 8.96. The Kier molecular flexibility index (Phi) is 7.78. The second kappa shape index (κ2) is 9.12. The van der Waals surface area contributed by atoms with Crippen LogP contribution in [-0.2, 0) is 0 Å². The third-order valence-corrected chi connectivity index (χ3v) is 4.14. The van der Waals surface area contributed by atoms with Gasteiger partial charge in [-0.1, -0.05) is 65.0 Å². The zero-order valence-electron chi connectivity index (χ0n) is 12.8. The van der Waals surface area contributed by atoms with Crippen molar-refractivity contribution < 1.29 is 4.39 Å². The van der Waals surface area contributed by atoms with Crippen LogP contribution in [0.15, 0.2) is 24.3 Å². The highest BCUT2D eigenvalue weighted by Gasteiger charge is 2.20. The molecule has 0 bridgehead atoms. The maximum atomic E-state index is 13.1. The summed E-state index contributed by atoms with van der Waals surface area (Å²) in [7, 11) is 0. The molecule has 0 saturated heterocycles. The van der Waals surface area contributed by atoms with Crippen molar-refractivity contribution in [2.24, 2.45) is 5.92 Å². The van der Waals surface area contributed by atoms with Gasteiger partial charge < -0.3 is 0 Å². The molecule has 108 valence electrons. The molecule has 2 atom stereocenters. The van der Waals surface area contributed by atoms with Crippen molar-refractivity contribution in [1.82, 2.24) is 0 Å². The second-order valence-electron chi connectivity index (χ2n) is 5.61. The van der Waals surface area contributed by atoms with Gasteiger partial charge in [0.2, 0.25) is 0 Å². The van der Waals surface area contributed by atoms with Crippen LogP contribution in [0.3, 0.4) is 0 Å². The van der Waals surface area contributed by atoms with Gasteiger partial charge in [0.05, 0.1) is 0 Å². The first kappa shape index (κ1) is 16.2. The van der Waals surface area contributed by atoms with E-state index in [0.29, 0.717) is 5.92 Å². The van der Waals surface area contributed by atoms with Gasteiger partial charge in [0.1, 0.15) is 5.82 Å². The Balaban J connectivity index is 2.73. The molecule has 0 aliphatic carbocycles. The highest BCUT2D eigenvalue weighted by Crippen LogP contribution is 2.34. The van der Waals surface area contributed by atoms with Gasteiger partial charge in [-0.05, 0) is 42.4 Å². The van der Waals surface area contributed by atoms with Crippen molar-refractivity contribution in [1.29, 1.82) is 0 Å². The van der Waals surface area contributed by atoms with Crippen LogP contribution < -0.4 is 0 Å². The van der Waals surface area contributed by atoms with Crippen molar-refractivity contribution in [2.75, 3.05) is 0 Å². The zero-order chi connectivity index (χ0) is 14.1. The minimum atomic E-state index is -0.128. The van der Waals surface area contributed by atoms with Gasteiger partial charge in [-0.15, -0.1) is 0 Å². The highest BCUT2D eigenvalue weighted by molar-refractivity contribution is 5.21. The number of unbranched alkanes of at least 4 members (excludes halogenated alkanes) is 2. The van der Waals surface area contributed by atoms with Crippen LogP contribution in [0.4, 0.5) is 4.39 Å². The van der Waals surface area contributed by atoms with E-state index in [2.05, 4.69) is 20.8 Å². The molecule has 0 N–H and O–H groups in total. The molecule has 0 aromatic heterocycles. The summed E-state index contributed by atoms with van der Waals surface area (Å²) in [5, 5.41) is 0. The third-order valence-electron chi connectivity index (χ3n) is 4.14. The lowest BCUT2D eigenvalue weighted by Gasteiger charge is -2.26.